The largest absolute Gasteiger partial charge is 0.495 e. The smallest absolute Gasteiger partial charge is 0.270 e. The van der Waals surface area contributed by atoms with Crippen LogP contribution in [0.3, 0.4) is 0 Å². The van der Waals surface area contributed by atoms with Gasteiger partial charge in [-0.3, -0.25) is 9.59 Å². The van der Waals surface area contributed by atoms with Crippen molar-refractivity contribution in [3.63, 3.8) is 0 Å². The molecule has 1 aliphatic rings. The van der Waals surface area contributed by atoms with E-state index in [9.17, 15) is 9.59 Å². The van der Waals surface area contributed by atoms with Gasteiger partial charge in [0.1, 0.15) is 12.0 Å². The zero-order valence-corrected chi connectivity index (χ0v) is 14.9. The summed E-state index contributed by atoms with van der Waals surface area (Å²) in [6, 6.07) is 4.86. The van der Waals surface area contributed by atoms with Crippen LogP contribution in [0.2, 0.25) is 5.02 Å². The van der Waals surface area contributed by atoms with E-state index in [1.807, 2.05) is 0 Å². The molecule has 8 heteroatoms. The highest BCUT2D eigenvalue weighted by Crippen LogP contribution is 2.27. The average molecular weight is 368 g/mol. The van der Waals surface area contributed by atoms with Crippen LogP contribution in [0.25, 0.3) is 0 Å². The van der Waals surface area contributed by atoms with E-state index in [1.165, 1.54) is 7.11 Å². The van der Waals surface area contributed by atoms with Crippen LogP contribution in [0.1, 0.15) is 25.7 Å². The molecule has 0 saturated carbocycles. The van der Waals surface area contributed by atoms with Crippen LogP contribution in [0.15, 0.2) is 23.4 Å². The van der Waals surface area contributed by atoms with Gasteiger partial charge in [-0.25, -0.2) is 0 Å². The first-order chi connectivity index (χ1) is 12.1. The van der Waals surface area contributed by atoms with E-state index in [-0.39, 0.29) is 12.5 Å². The molecule has 1 saturated heterocycles. The molecular formula is C17H22ClN3O4. The van der Waals surface area contributed by atoms with Gasteiger partial charge < -0.3 is 19.8 Å². The molecule has 2 rings (SSSR count). The van der Waals surface area contributed by atoms with Gasteiger partial charge in [-0.15, -0.1) is 0 Å². The lowest BCUT2D eigenvalue weighted by Crippen LogP contribution is -2.34. The van der Waals surface area contributed by atoms with E-state index in [0.29, 0.717) is 16.5 Å². The zero-order valence-electron chi connectivity index (χ0n) is 14.2. The van der Waals surface area contributed by atoms with Crippen molar-refractivity contribution in [3.8, 4) is 5.75 Å². The molecule has 0 unspecified atom stereocenters. The molecule has 0 bridgehead atoms. The minimum atomic E-state index is -0.511. The molecule has 7 nitrogen and oxygen atoms in total. The van der Waals surface area contributed by atoms with E-state index in [4.69, 9.17) is 21.2 Å². The molecule has 0 aromatic heterocycles. The van der Waals surface area contributed by atoms with Crippen LogP contribution in [0.4, 0.5) is 5.69 Å². The standard InChI is InChI=1S/C17H22ClN3O4/c1-24-15-7-6-13(18)10-14(15)20-16(22)11-19-25-12-17(23)21-8-4-2-3-5-9-21/h6-7,10-11H,2-5,8-9,12H2,1H3,(H,20,22)/b19-11-. The predicted molar refractivity (Wildman–Crippen MR) is 96.1 cm³/mol. The topological polar surface area (TPSA) is 80.2 Å². The summed E-state index contributed by atoms with van der Waals surface area (Å²) in [4.78, 5) is 30.6. The third-order valence-corrected chi connectivity index (χ3v) is 4.05. The zero-order chi connectivity index (χ0) is 18.1. The van der Waals surface area contributed by atoms with Gasteiger partial charge in [-0.2, -0.15) is 0 Å². The molecule has 1 aromatic rings. The predicted octanol–water partition coefficient (Wildman–Crippen LogP) is 2.69. The Morgan fingerprint density at radius 3 is 2.68 bits per heavy atom. The Labute approximate surface area is 151 Å². The summed E-state index contributed by atoms with van der Waals surface area (Å²) >= 11 is 5.90. The first kappa shape index (κ1) is 19.1. The Balaban J connectivity index is 1.78. The fraction of sp³-hybridized carbons (Fsp3) is 0.471. The molecule has 1 fully saturated rings. The molecule has 0 spiro atoms. The van der Waals surface area contributed by atoms with Gasteiger partial charge in [-0.1, -0.05) is 29.6 Å². The van der Waals surface area contributed by atoms with Gasteiger partial charge in [0.2, 0.25) is 0 Å². The van der Waals surface area contributed by atoms with Crippen molar-refractivity contribution in [2.24, 2.45) is 5.16 Å². The molecular weight excluding hydrogens is 346 g/mol. The summed E-state index contributed by atoms with van der Waals surface area (Å²) in [5, 5.41) is 6.60. The number of rotatable bonds is 6. The molecule has 1 aliphatic heterocycles. The number of methoxy groups -OCH3 is 1. The number of likely N-dealkylation sites (tertiary alicyclic amines) is 1. The maximum Gasteiger partial charge on any atom is 0.270 e. The number of benzene rings is 1. The number of nitrogens with zero attached hydrogens (tertiary/aromatic N) is 2. The monoisotopic (exact) mass is 367 g/mol. The molecule has 1 N–H and O–H groups in total. The summed E-state index contributed by atoms with van der Waals surface area (Å²) in [5.41, 5.74) is 0.423. The van der Waals surface area contributed by atoms with E-state index >= 15 is 0 Å². The number of anilines is 1. The molecule has 136 valence electrons. The Bertz CT molecular complexity index is 628. The average Bonchev–Trinajstić information content (AvgIpc) is 2.88. The fourth-order valence-electron chi connectivity index (χ4n) is 2.53. The maximum atomic E-state index is 12.0. The fourth-order valence-corrected chi connectivity index (χ4v) is 2.70. The van der Waals surface area contributed by atoms with Crippen molar-refractivity contribution in [1.82, 2.24) is 4.90 Å². The molecule has 25 heavy (non-hydrogen) atoms. The molecule has 1 heterocycles. The van der Waals surface area contributed by atoms with Crippen molar-refractivity contribution in [2.45, 2.75) is 25.7 Å². The lowest BCUT2D eigenvalue weighted by Gasteiger charge is -2.19. The number of hydrogen-bond donors (Lipinski definition) is 1. The van der Waals surface area contributed by atoms with Crippen molar-refractivity contribution < 1.29 is 19.2 Å². The minimum Gasteiger partial charge on any atom is -0.495 e. The molecule has 2 amide bonds. The number of nitrogens with one attached hydrogen (secondary N) is 1. The highest BCUT2D eigenvalue weighted by molar-refractivity contribution is 6.33. The normalized spacial score (nSPS) is 14.9. The van der Waals surface area contributed by atoms with Crippen LogP contribution in [0, 0.1) is 0 Å². The second-order valence-electron chi connectivity index (χ2n) is 5.64. The van der Waals surface area contributed by atoms with Gasteiger partial charge in [0.05, 0.1) is 12.8 Å². The van der Waals surface area contributed by atoms with Crippen LogP contribution in [-0.2, 0) is 14.4 Å². The van der Waals surface area contributed by atoms with Crippen LogP contribution in [0.5, 0.6) is 5.75 Å². The first-order valence-corrected chi connectivity index (χ1v) is 8.55. The Hall–Kier alpha value is -2.28. The summed E-state index contributed by atoms with van der Waals surface area (Å²) < 4.78 is 5.14. The van der Waals surface area contributed by atoms with Crippen LogP contribution in [-0.4, -0.2) is 49.7 Å². The summed E-state index contributed by atoms with van der Waals surface area (Å²) in [6.07, 6.45) is 5.29. The molecule has 0 atom stereocenters. The van der Waals surface area contributed by atoms with Crippen molar-refractivity contribution in [3.05, 3.63) is 23.2 Å². The Kier molecular flexibility index (Phi) is 7.53. The van der Waals surface area contributed by atoms with E-state index in [1.54, 1.807) is 23.1 Å². The first-order valence-electron chi connectivity index (χ1n) is 8.18. The summed E-state index contributed by atoms with van der Waals surface area (Å²) in [5.74, 6) is -0.151. The Morgan fingerprint density at radius 1 is 1.28 bits per heavy atom. The lowest BCUT2D eigenvalue weighted by molar-refractivity contribution is -0.136. The van der Waals surface area contributed by atoms with Crippen molar-refractivity contribution in [2.75, 3.05) is 32.1 Å². The number of oxime groups is 1. The van der Waals surface area contributed by atoms with Crippen molar-refractivity contribution >= 4 is 35.3 Å². The van der Waals surface area contributed by atoms with E-state index in [0.717, 1.165) is 45.0 Å². The number of halogens is 1. The van der Waals surface area contributed by atoms with E-state index < -0.39 is 5.91 Å². The second kappa shape index (κ2) is 9.88. The number of carbonyl (C=O) groups is 2. The number of ether oxygens (including phenoxy) is 1. The molecule has 1 aromatic carbocycles. The van der Waals surface area contributed by atoms with Crippen molar-refractivity contribution in [1.29, 1.82) is 0 Å². The van der Waals surface area contributed by atoms with Gasteiger partial charge in [0.15, 0.2) is 6.61 Å². The SMILES string of the molecule is COc1ccc(Cl)cc1NC(=O)/C=N\OCC(=O)N1CCCCCC1. The Morgan fingerprint density at radius 2 is 2.00 bits per heavy atom. The van der Waals surface area contributed by atoms with Gasteiger partial charge in [0, 0.05) is 18.1 Å². The van der Waals surface area contributed by atoms with Crippen LogP contribution >= 0.6 is 11.6 Å². The molecule has 0 aliphatic carbocycles. The van der Waals surface area contributed by atoms with Crippen LogP contribution < -0.4 is 10.1 Å². The third-order valence-electron chi connectivity index (χ3n) is 3.81. The summed E-state index contributed by atoms with van der Waals surface area (Å²) in [7, 11) is 1.49. The maximum absolute atomic E-state index is 12.0. The lowest BCUT2D eigenvalue weighted by atomic mass is 10.2. The summed E-state index contributed by atoms with van der Waals surface area (Å²) in [6.45, 7) is 1.33. The number of amides is 2. The second-order valence-corrected chi connectivity index (χ2v) is 6.07. The highest BCUT2D eigenvalue weighted by atomic mass is 35.5. The third kappa shape index (κ3) is 6.26. The number of hydrogen-bond acceptors (Lipinski definition) is 5. The quantitative estimate of drug-likeness (QED) is 0.619. The van der Waals surface area contributed by atoms with E-state index in [2.05, 4.69) is 10.5 Å². The van der Waals surface area contributed by atoms with Gasteiger partial charge in [0.25, 0.3) is 11.8 Å². The minimum absolute atomic E-state index is 0.115. The number of carbonyl (C=O) groups excluding carboxylic acids is 2. The highest BCUT2D eigenvalue weighted by Gasteiger charge is 2.15. The molecule has 0 radical (unpaired) electrons. The van der Waals surface area contributed by atoms with Gasteiger partial charge in [-0.05, 0) is 31.0 Å². The van der Waals surface area contributed by atoms with Gasteiger partial charge >= 0.3 is 0 Å².